The number of nitrogens with one attached hydrogen (secondary N) is 1. The minimum absolute atomic E-state index is 0.159. The normalized spacial score (nSPS) is 16.0. The van der Waals surface area contributed by atoms with Gasteiger partial charge in [0.2, 0.25) is 0 Å². The van der Waals surface area contributed by atoms with Crippen LogP contribution in [0.1, 0.15) is 18.4 Å². The number of nitrogens with zero attached hydrogens (tertiary/aromatic N) is 2. The predicted molar refractivity (Wildman–Crippen MR) is 96.3 cm³/mol. The van der Waals surface area contributed by atoms with E-state index in [1.54, 1.807) is 12.1 Å². The van der Waals surface area contributed by atoms with E-state index in [1.807, 2.05) is 18.2 Å². The highest BCUT2D eigenvalue weighted by molar-refractivity contribution is 5.43. The summed E-state index contributed by atoms with van der Waals surface area (Å²) in [5.41, 5.74) is 2.51. The van der Waals surface area contributed by atoms with Crippen LogP contribution < -0.4 is 5.32 Å². The quantitative estimate of drug-likeness (QED) is 0.650. The van der Waals surface area contributed by atoms with Crippen molar-refractivity contribution in [3.05, 3.63) is 70.3 Å². The highest BCUT2D eigenvalue weighted by Gasteiger charge is 2.18. The third-order valence-electron chi connectivity index (χ3n) is 4.60. The number of benzene rings is 2. The predicted octanol–water partition coefficient (Wildman–Crippen LogP) is 3.71. The van der Waals surface area contributed by atoms with Gasteiger partial charge in [-0.25, -0.2) is 0 Å². The first-order valence-electron chi connectivity index (χ1n) is 8.48. The molecular formula is C19H23N3O2. The Morgan fingerprint density at radius 1 is 1.04 bits per heavy atom. The molecular weight excluding hydrogens is 302 g/mol. The fraction of sp³-hybridized carbons (Fsp3) is 0.368. The third kappa shape index (κ3) is 4.55. The molecule has 2 aromatic rings. The van der Waals surface area contributed by atoms with Crippen LogP contribution in [0.4, 0.5) is 11.4 Å². The minimum atomic E-state index is -0.353. The third-order valence-corrected chi connectivity index (χ3v) is 4.60. The van der Waals surface area contributed by atoms with E-state index in [0.29, 0.717) is 6.04 Å². The minimum Gasteiger partial charge on any atom is -0.382 e. The zero-order valence-corrected chi connectivity index (χ0v) is 13.7. The molecule has 126 valence electrons. The van der Waals surface area contributed by atoms with Gasteiger partial charge in [-0.2, -0.15) is 0 Å². The van der Waals surface area contributed by atoms with Crippen molar-refractivity contribution < 1.29 is 4.92 Å². The first-order chi connectivity index (χ1) is 11.7. The molecule has 0 spiro atoms. The molecule has 1 aliphatic heterocycles. The van der Waals surface area contributed by atoms with Crippen LogP contribution in [0.5, 0.6) is 0 Å². The Bertz CT molecular complexity index is 650. The summed E-state index contributed by atoms with van der Waals surface area (Å²) < 4.78 is 0. The van der Waals surface area contributed by atoms with E-state index in [-0.39, 0.29) is 10.6 Å². The van der Waals surface area contributed by atoms with Gasteiger partial charge in [-0.3, -0.25) is 10.1 Å². The molecule has 1 fully saturated rings. The number of nitro groups is 1. The van der Waals surface area contributed by atoms with Crippen LogP contribution in [0, 0.1) is 10.1 Å². The Hall–Kier alpha value is -2.40. The molecule has 0 atom stereocenters. The maximum atomic E-state index is 10.7. The lowest BCUT2D eigenvalue weighted by atomic mass is 10.0. The maximum absolute atomic E-state index is 10.7. The number of likely N-dealkylation sites (tertiary alicyclic amines) is 1. The van der Waals surface area contributed by atoms with E-state index in [9.17, 15) is 10.1 Å². The van der Waals surface area contributed by atoms with Crippen molar-refractivity contribution in [3.63, 3.8) is 0 Å². The molecule has 1 N–H and O–H groups in total. The van der Waals surface area contributed by atoms with Crippen LogP contribution in [-0.2, 0) is 6.42 Å². The van der Waals surface area contributed by atoms with Gasteiger partial charge >= 0.3 is 0 Å². The van der Waals surface area contributed by atoms with Gasteiger partial charge in [-0.05, 0) is 37.0 Å². The number of anilines is 1. The summed E-state index contributed by atoms with van der Waals surface area (Å²) in [6, 6.07) is 17.8. The summed E-state index contributed by atoms with van der Waals surface area (Å²) in [4.78, 5) is 12.8. The number of hydrogen-bond acceptors (Lipinski definition) is 4. The first kappa shape index (κ1) is 16.5. The van der Waals surface area contributed by atoms with E-state index in [2.05, 4.69) is 34.5 Å². The number of nitro benzene ring substituents is 1. The molecule has 1 aliphatic rings. The molecule has 0 aliphatic carbocycles. The molecule has 24 heavy (non-hydrogen) atoms. The molecule has 0 amide bonds. The summed E-state index contributed by atoms with van der Waals surface area (Å²) >= 11 is 0. The van der Waals surface area contributed by atoms with Gasteiger partial charge in [-0.1, -0.05) is 30.3 Å². The van der Waals surface area contributed by atoms with Gasteiger partial charge in [0.25, 0.3) is 5.69 Å². The second kappa shape index (κ2) is 7.93. The van der Waals surface area contributed by atoms with Crippen LogP contribution >= 0.6 is 0 Å². The lowest BCUT2D eigenvalue weighted by Crippen LogP contribution is -2.40. The Balaban J connectivity index is 1.41. The zero-order valence-electron chi connectivity index (χ0n) is 13.7. The summed E-state index contributed by atoms with van der Waals surface area (Å²) in [6.45, 7) is 3.20. The Kier molecular flexibility index (Phi) is 5.43. The number of rotatable bonds is 6. The number of piperidine rings is 1. The lowest BCUT2D eigenvalue weighted by molar-refractivity contribution is -0.384. The zero-order chi connectivity index (χ0) is 16.8. The number of hydrogen-bond donors (Lipinski definition) is 1. The Morgan fingerprint density at radius 3 is 2.33 bits per heavy atom. The van der Waals surface area contributed by atoms with E-state index < -0.39 is 0 Å². The van der Waals surface area contributed by atoms with Crippen molar-refractivity contribution in [3.8, 4) is 0 Å². The molecule has 1 saturated heterocycles. The largest absolute Gasteiger partial charge is 0.382 e. The fourth-order valence-electron chi connectivity index (χ4n) is 3.14. The second-order valence-electron chi connectivity index (χ2n) is 6.30. The van der Waals surface area contributed by atoms with Gasteiger partial charge in [0.1, 0.15) is 0 Å². The van der Waals surface area contributed by atoms with Crippen LogP contribution in [0.3, 0.4) is 0 Å². The van der Waals surface area contributed by atoms with Crippen LogP contribution in [0.2, 0.25) is 0 Å². The number of non-ortho nitro benzene ring substituents is 1. The molecule has 3 rings (SSSR count). The van der Waals surface area contributed by atoms with Crippen molar-refractivity contribution in [1.29, 1.82) is 0 Å². The number of para-hydroxylation sites is 1. The van der Waals surface area contributed by atoms with Crippen LogP contribution in [-0.4, -0.2) is 35.5 Å². The van der Waals surface area contributed by atoms with Gasteiger partial charge in [0, 0.05) is 43.5 Å². The van der Waals surface area contributed by atoms with Gasteiger partial charge < -0.3 is 10.2 Å². The van der Waals surface area contributed by atoms with E-state index in [4.69, 9.17) is 0 Å². The van der Waals surface area contributed by atoms with Gasteiger partial charge in [0.15, 0.2) is 0 Å². The van der Waals surface area contributed by atoms with E-state index >= 15 is 0 Å². The average Bonchev–Trinajstić information content (AvgIpc) is 2.62. The van der Waals surface area contributed by atoms with Crippen molar-refractivity contribution in [2.24, 2.45) is 0 Å². The van der Waals surface area contributed by atoms with Crippen molar-refractivity contribution >= 4 is 11.4 Å². The van der Waals surface area contributed by atoms with E-state index in [0.717, 1.165) is 44.5 Å². The van der Waals surface area contributed by atoms with Crippen molar-refractivity contribution in [2.75, 3.05) is 25.0 Å². The highest BCUT2D eigenvalue weighted by atomic mass is 16.6. The molecule has 0 radical (unpaired) electrons. The smallest absolute Gasteiger partial charge is 0.269 e. The Morgan fingerprint density at radius 2 is 1.71 bits per heavy atom. The molecule has 0 bridgehead atoms. The molecule has 0 saturated carbocycles. The topological polar surface area (TPSA) is 58.4 Å². The molecule has 5 nitrogen and oxygen atoms in total. The van der Waals surface area contributed by atoms with Gasteiger partial charge in [0.05, 0.1) is 4.92 Å². The standard InChI is InChI=1S/C19H23N3O2/c23-22(24)19-8-6-16(7-9-19)10-13-21-14-11-18(12-15-21)20-17-4-2-1-3-5-17/h1-9,18,20H,10-15H2. The Labute approximate surface area is 142 Å². The molecule has 0 aromatic heterocycles. The molecule has 5 heteroatoms. The van der Waals surface area contributed by atoms with Crippen molar-refractivity contribution in [2.45, 2.75) is 25.3 Å². The van der Waals surface area contributed by atoms with Crippen molar-refractivity contribution in [1.82, 2.24) is 4.90 Å². The molecule has 0 unspecified atom stereocenters. The SMILES string of the molecule is O=[N+]([O-])c1ccc(CCN2CCC(Nc3ccccc3)CC2)cc1. The van der Waals surface area contributed by atoms with Crippen LogP contribution in [0.15, 0.2) is 54.6 Å². The summed E-state index contributed by atoms with van der Waals surface area (Å²) in [5.74, 6) is 0. The van der Waals surface area contributed by atoms with Crippen LogP contribution in [0.25, 0.3) is 0 Å². The highest BCUT2D eigenvalue weighted by Crippen LogP contribution is 2.17. The maximum Gasteiger partial charge on any atom is 0.269 e. The summed E-state index contributed by atoms with van der Waals surface area (Å²) in [5, 5.41) is 14.3. The van der Waals surface area contributed by atoms with Gasteiger partial charge in [-0.15, -0.1) is 0 Å². The molecule has 2 aromatic carbocycles. The monoisotopic (exact) mass is 325 g/mol. The average molecular weight is 325 g/mol. The fourth-order valence-corrected chi connectivity index (χ4v) is 3.14. The summed E-state index contributed by atoms with van der Waals surface area (Å²) in [7, 11) is 0. The lowest BCUT2D eigenvalue weighted by Gasteiger charge is -2.32. The molecule has 1 heterocycles. The summed E-state index contributed by atoms with van der Waals surface area (Å²) in [6.07, 6.45) is 3.24. The van der Waals surface area contributed by atoms with E-state index in [1.165, 1.54) is 5.69 Å². The first-order valence-corrected chi connectivity index (χ1v) is 8.48. The second-order valence-corrected chi connectivity index (χ2v) is 6.30.